The fourth-order valence-electron chi connectivity index (χ4n) is 2.38. The Hall–Kier alpha value is -1.62. The summed E-state index contributed by atoms with van der Waals surface area (Å²) in [6.45, 7) is 2.96. The summed E-state index contributed by atoms with van der Waals surface area (Å²) in [4.78, 5) is 9.30. The predicted molar refractivity (Wildman–Crippen MR) is 78.4 cm³/mol. The summed E-state index contributed by atoms with van der Waals surface area (Å²) >= 11 is 1.56. The molecule has 19 heavy (non-hydrogen) atoms. The van der Waals surface area contributed by atoms with Gasteiger partial charge in [-0.25, -0.2) is 4.98 Å². The predicted octanol–water partition coefficient (Wildman–Crippen LogP) is 3.25. The molecule has 0 fully saturated rings. The molecule has 3 rings (SSSR count). The summed E-state index contributed by atoms with van der Waals surface area (Å²) in [7, 11) is 0. The fraction of sp³-hybridized carbons (Fsp3) is 0.429. The molecule has 2 atom stereocenters. The highest BCUT2D eigenvalue weighted by atomic mass is 32.1. The van der Waals surface area contributed by atoms with Crippen molar-refractivity contribution in [3.05, 3.63) is 23.6 Å². The minimum absolute atomic E-state index is 0.279. The van der Waals surface area contributed by atoms with Gasteiger partial charge in [0.2, 0.25) is 11.8 Å². The zero-order valence-electron chi connectivity index (χ0n) is 10.9. The lowest BCUT2D eigenvalue weighted by molar-refractivity contribution is 0.195. The zero-order chi connectivity index (χ0) is 13.2. The largest absolute Gasteiger partial charge is 0.477 e. The number of anilines is 1. The van der Waals surface area contributed by atoms with Crippen LogP contribution in [0.25, 0.3) is 10.2 Å². The number of nitrogen functional groups attached to an aromatic ring is 1. The van der Waals surface area contributed by atoms with Crippen LogP contribution in [0.3, 0.4) is 0 Å². The first-order valence-electron chi connectivity index (χ1n) is 6.52. The summed E-state index contributed by atoms with van der Waals surface area (Å²) in [5.41, 5.74) is 5.71. The number of hydrogen-bond acceptors (Lipinski definition) is 5. The molecule has 0 amide bonds. The van der Waals surface area contributed by atoms with Crippen LogP contribution in [0.4, 0.5) is 5.95 Å². The van der Waals surface area contributed by atoms with Crippen molar-refractivity contribution in [1.82, 2.24) is 9.97 Å². The highest BCUT2D eigenvalue weighted by molar-refractivity contribution is 7.16. The van der Waals surface area contributed by atoms with Crippen molar-refractivity contribution in [1.29, 1.82) is 0 Å². The van der Waals surface area contributed by atoms with Crippen molar-refractivity contribution in [2.75, 3.05) is 12.3 Å². The Morgan fingerprint density at radius 3 is 3.05 bits per heavy atom. The Labute approximate surface area is 116 Å². The first-order valence-corrected chi connectivity index (χ1v) is 7.40. The number of aromatic nitrogens is 2. The van der Waals surface area contributed by atoms with Gasteiger partial charge >= 0.3 is 0 Å². The molecule has 0 radical (unpaired) electrons. The molecular formula is C14H17N3OS. The van der Waals surface area contributed by atoms with E-state index in [1.165, 1.54) is 0 Å². The Bertz CT molecular complexity index is 608. The Balaban J connectivity index is 1.78. The van der Waals surface area contributed by atoms with E-state index in [1.807, 2.05) is 11.4 Å². The van der Waals surface area contributed by atoms with Crippen molar-refractivity contribution >= 4 is 27.5 Å². The average molecular weight is 275 g/mol. The van der Waals surface area contributed by atoms with Crippen LogP contribution in [0.2, 0.25) is 0 Å². The van der Waals surface area contributed by atoms with Gasteiger partial charge in [0.25, 0.3) is 0 Å². The number of nitrogens with zero attached hydrogens (tertiary/aromatic N) is 2. The summed E-state index contributed by atoms with van der Waals surface area (Å²) in [5.74, 6) is 2.10. The number of rotatable bonds is 3. The molecule has 2 aromatic heterocycles. The smallest absolute Gasteiger partial charge is 0.227 e. The van der Waals surface area contributed by atoms with Crippen LogP contribution in [0.5, 0.6) is 5.88 Å². The van der Waals surface area contributed by atoms with Crippen LogP contribution in [0, 0.1) is 11.8 Å². The van der Waals surface area contributed by atoms with E-state index in [9.17, 15) is 0 Å². The molecule has 0 saturated heterocycles. The first-order chi connectivity index (χ1) is 9.24. The standard InChI is InChI=1S/C14H17N3OS/c1-9-4-2-3-5-10(9)8-18-12-11-6-7-19-13(11)17-14(15)16-12/h2-3,6-7,9-10H,4-5,8H2,1H3,(H2,15,16,17). The molecule has 4 nitrogen and oxygen atoms in total. The van der Waals surface area contributed by atoms with Crippen LogP contribution in [-0.4, -0.2) is 16.6 Å². The third-order valence-corrected chi connectivity index (χ3v) is 4.47. The van der Waals surface area contributed by atoms with Crippen LogP contribution < -0.4 is 10.5 Å². The number of fused-ring (bicyclic) bond motifs is 1. The molecule has 0 bridgehead atoms. The summed E-state index contributed by atoms with van der Waals surface area (Å²) < 4.78 is 5.91. The lowest BCUT2D eigenvalue weighted by Gasteiger charge is -2.24. The highest BCUT2D eigenvalue weighted by Crippen LogP contribution is 2.30. The second kappa shape index (κ2) is 5.17. The molecule has 2 heterocycles. The molecular weight excluding hydrogens is 258 g/mol. The fourth-order valence-corrected chi connectivity index (χ4v) is 3.14. The molecule has 2 aromatic rings. The number of hydrogen-bond donors (Lipinski definition) is 1. The topological polar surface area (TPSA) is 61.0 Å². The number of thiophene rings is 1. The SMILES string of the molecule is CC1CC=CCC1COc1nc(N)nc2sccc12. The Morgan fingerprint density at radius 2 is 2.21 bits per heavy atom. The van der Waals surface area contributed by atoms with Crippen LogP contribution in [0.1, 0.15) is 19.8 Å². The van der Waals surface area contributed by atoms with Gasteiger partial charge in [0.1, 0.15) is 4.83 Å². The molecule has 0 aromatic carbocycles. The second-order valence-electron chi connectivity index (χ2n) is 5.02. The lowest BCUT2D eigenvalue weighted by atomic mass is 9.85. The first kappa shape index (κ1) is 12.4. The van der Waals surface area contributed by atoms with E-state index in [-0.39, 0.29) is 5.95 Å². The zero-order valence-corrected chi connectivity index (χ0v) is 11.7. The summed E-state index contributed by atoms with van der Waals surface area (Å²) in [6, 6.07) is 1.99. The van der Waals surface area contributed by atoms with Crippen LogP contribution in [-0.2, 0) is 0 Å². The van der Waals surface area contributed by atoms with Gasteiger partial charge in [0.05, 0.1) is 12.0 Å². The van der Waals surface area contributed by atoms with Crippen LogP contribution in [0.15, 0.2) is 23.6 Å². The van der Waals surface area contributed by atoms with Gasteiger partial charge in [-0.05, 0) is 36.1 Å². The van der Waals surface area contributed by atoms with E-state index in [2.05, 4.69) is 29.0 Å². The molecule has 2 N–H and O–H groups in total. The highest BCUT2D eigenvalue weighted by Gasteiger charge is 2.20. The van der Waals surface area contributed by atoms with E-state index in [4.69, 9.17) is 10.5 Å². The third kappa shape index (κ3) is 2.56. The molecule has 0 spiro atoms. The lowest BCUT2D eigenvalue weighted by Crippen LogP contribution is -2.21. The van der Waals surface area contributed by atoms with Crippen molar-refractivity contribution in [2.45, 2.75) is 19.8 Å². The maximum absolute atomic E-state index is 5.91. The summed E-state index contributed by atoms with van der Waals surface area (Å²) in [5, 5.41) is 2.94. The van der Waals surface area contributed by atoms with Crippen molar-refractivity contribution in [3.8, 4) is 5.88 Å². The molecule has 100 valence electrons. The van der Waals surface area contributed by atoms with Gasteiger partial charge < -0.3 is 10.5 Å². The molecule has 2 unspecified atom stereocenters. The Morgan fingerprint density at radius 1 is 1.37 bits per heavy atom. The van der Waals surface area contributed by atoms with Gasteiger partial charge in [-0.15, -0.1) is 11.3 Å². The Kier molecular flexibility index (Phi) is 3.38. The van der Waals surface area contributed by atoms with E-state index in [0.29, 0.717) is 24.3 Å². The number of allylic oxidation sites excluding steroid dienone is 2. The van der Waals surface area contributed by atoms with Gasteiger partial charge in [-0.3, -0.25) is 0 Å². The number of ether oxygens (including phenoxy) is 1. The van der Waals surface area contributed by atoms with Gasteiger partial charge in [0.15, 0.2) is 0 Å². The van der Waals surface area contributed by atoms with E-state index in [1.54, 1.807) is 11.3 Å². The van der Waals surface area contributed by atoms with Gasteiger partial charge in [-0.1, -0.05) is 19.1 Å². The van der Waals surface area contributed by atoms with Gasteiger partial charge in [-0.2, -0.15) is 4.98 Å². The monoisotopic (exact) mass is 275 g/mol. The molecule has 0 saturated carbocycles. The maximum Gasteiger partial charge on any atom is 0.227 e. The van der Waals surface area contributed by atoms with Gasteiger partial charge in [0, 0.05) is 0 Å². The molecule has 1 aliphatic carbocycles. The summed E-state index contributed by atoms with van der Waals surface area (Å²) in [6.07, 6.45) is 6.70. The number of nitrogens with two attached hydrogens (primary N) is 1. The second-order valence-corrected chi connectivity index (χ2v) is 5.91. The average Bonchev–Trinajstić information content (AvgIpc) is 2.85. The van der Waals surface area contributed by atoms with E-state index >= 15 is 0 Å². The van der Waals surface area contributed by atoms with Crippen molar-refractivity contribution < 1.29 is 4.74 Å². The van der Waals surface area contributed by atoms with Crippen molar-refractivity contribution in [2.24, 2.45) is 11.8 Å². The van der Waals surface area contributed by atoms with Crippen molar-refractivity contribution in [3.63, 3.8) is 0 Å². The molecule has 0 aliphatic heterocycles. The molecule has 1 aliphatic rings. The normalized spacial score (nSPS) is 22.8. The van der Waals surface area contributed by atoms with E-state index < -0.39 is 0 Å². The van der Waals surface area contributed by atoms with Crippen LogP contribution >= 0.6 is 11.3 Å². The third-order valence-electron chi connectivity index (χ3n) is 3.66. The maximum atomic E-state index is 5.91. The minimum Gasteiger partial charge on any atom is -0.477 e. The minimum atomic E-state index is 0.279. The quantitative estimate of drug-likeness (QED) is 0.873. The molecule has 5 heteroatoms. The van der Waals surface area contributed by atoms with E-state index in [0.717, 1.165) is 23.1 Å².